The molecule has 0 aromatic carbocycles. The van der Waals surface area contributed by atoms with Gasteiger partial charge >= 0.3 is 12.1 Å². The predicted molar refractivity (Wildman–Crippen MR) is 161 cm³/mol. The Labute approximate surface area is 248 Å². The van der Waals surface area contributed by atoms with E-state index < -0.39 is 12.1 Å². The summed E-state index contributed by atoms with van der Waals surface area (Å²) in [4.78, 5) is 34.8. The van der Waals surface area contributed by atoms with Gasteiger partial charge in [-0.05, 0) is 91.3 Å². The van der Waals surface area contributed by atoms with Gasteiger partial charge in [0.1, 0.15) is 6.10 Å². The zero-order chi connectivity index (χ0) is 29.8. The lowest BCUT2D eigenvalue weighted by atomic mass is 9.47. The SMILES string of the molecule is CC(C)CCC[C@@H](C)[C@H]1CC[C@H]2[C@@H]3CC=C4C[C@@H](OC(=O)NCCC(=O)NCCC(=O)O)CC[C@]4(C)[C@H]3CC[C@]12C. The highest BCUT2D eigenvalue weighted by Gasteiger charge is 2.59. The van der Waals surface area contributed by atoms with E-state index in [9.17, 15) is 14.4 Å². The number of fused-ring (bicyclic) bond motifs is 5. The van der Waals surface area contributed by atoms with Crippen LogP contribution in [0.15, 0.2) is 11.6 Å². The van der Waals surface area contributed by atoms with Crippen molar-refractivity contribution in [3.63, 3.8) is 0 Å². The van der Waals surface area contributed by atoms with Crippen molar-refractivity contribution in [1.29, 1.82) is 0 Å². The monoisotopic (exact) mass is 572 g/mol. The van der Waals surface area contributed by atoms with E-state index in [4.69, 9.17) is 9.84 Å². The van der Waals surface area contributed by atoms with Crippen molar-refractivity contribution in [2.75, 3.05) is 13.1 Å². The summed E-state index contributed by atoms with van der Waals surface area (Å²) in [5.74, 6) is 3.65. The minimum Gasteiger partial charge on any atom is -0.481 e. The lowest BCUT2D eigenvalue weighted by molar-refractivity contribution is -0.136. The number of carbonyl (C=O) groups is 3. The van der Waals surface area contributed by atoms with Gasteiger partial charge in [0.2, 0.25) is 5.91 Å². The number of alkyl carbamates (subject to hydrolysis) is 1. The molecule has 0 aliphatic heterocycles. The molecule has 0 spiro atoms. The van der Waals surface area contributed by atoms with Gasteiger partial charge in [-0.25, -0.2) is 4.79 Å². The molecular formula is C34H56N2O5. The number of ether oxygens (including phenoxy) is 1. The molecular weight excluding hydrogens is 516 g/mol. The van der Waals surface area contributed by atoms with E-state index in [1.165, 1.54) is 56.9 Å². The van der Waals surface area contributed by atoms with Gasteiger partial charge in [0, 0.05) is 25.9 Å². The minimum atomic E-state index is -0.953. The summed E-state index contributed by atoms with van der Waals surface area (Å²) in [6, 6.07) is 0. The van der Waals surface area contributed by atoms with E-state index >= 15 is 0 Å². The number of carboxylic acid groups (broad SMARTS) is 1. The second-order valence-corrected chi connectivity index (χ2v) is 14.7. The Bertz CT molecular complexity index is 978. The molecule has 0 aromatic heterocycles. The molecule has 0 radical (unpaired) electrons. The highest BCUT2D eigenvalue weighted by molar-refractivity contribution is 5.77. The van der Waals surface area contributed by atoms with Crippen LogP contribution in [0.3, 0.4) is 0 Å². The lowest BCUT2D eigenvalue weighted by Gasteiger charge is -2.58. The zero-order valence-electron chi connectivity index (χ0n) is 26.3. The molecule has 7 heteroatoms. The van der Waals surface area contributed by atoms with Crippen molar-refractivity contribution in [2.24, 2.45) is 46.3 Å². The van der Waals surface area contributed by atoms with Crippen molar-refractivity contribution < 1.29 is 24.2 Å². The van der Waals surface area contributed by atoms with Crippen LogP contribution in [-0.2, 0) is 14.3 Å². The van der Waals surface area contributed by atoms with Crippen LogP contribution in [0.2, 0.25) is 0 Å². The van der Waals surface area contributed by atoms with Gasteiger partial charge in [-0.2, -0.15) is 0 Å². The van der Waals surface area contributed by atoms with Gasteiger partial charge in [0.15, 0.2) is 0 Å². The molecule has 0 unspecified atom stereocenters. The van der Waals surface area contributed by atoms with E-state index in [1.54, 1.807) is 0 Å². The maximum atomic E-state index is 12.4. The summed E-state index contributed by atoms with van der Waals surface area (Å²) in [6.45, 7) is 12.6. The van der Waals surface area contributed by atoms with Crippen LogP contribution in [0.1, 0.15) is 118 Å². The van der Waals surface area contributed by atoms with Gasteiger partial charge in [-0.1, -0.05) is 65.5 Å². The van der Waals surface area contributed by atoms with E-state index in [0.29, 0.717) is 5.41 Å². The summed E-state index contributed by atoms with van der Waals surface area (Å²) in [7, 11) is 0. The summed E-state index contributed by atoms with van der Waals surface area (Å²) >= 11 is 0. The molecule has 0 aromatic rings. The average molecular weight is 573 g/mol. The molecule has 41 heavy (non-hydrogen) atoms. The van der Waals surface area contributed by atoms with Crippen molar-refractivity contribution in [3.8, 4) is 0 Å². The van der Waals surface area contributed by atoms with E-state index in [0.717, 1.165) is 54.8 Å². The maximum absolute atomic E-state index is 12.4. The topological polar surface area (TPSA) is 105 Å². The Kier molecular flexibility index (Phi) is 10.5. The van der Waals surface area contributed by atoms with Gasteiger partial charge in [-0.3, -0.25) is 9.59 Å². The number of rotatable bonds is 12. The van der Waals surface area contributed by atoms with Crippen molar-refractivity contribution in [2.45, 2.75) is 124 Å². The highest BCUT2D eigenvalue weighted by Crippen LogP contribution is 2.67. The number of aliphatic carboxylic acids is 1. The minimum absolute atomic E-state index is 0.0918. The van der Waals surface area contributed by atoms with E-state index in [-0.39, 0.29) is 43.4 Å². The third-order valence-corrected chi connectivity index (χ3v) is 11.8. The Hall–Kier alpha value is -2.05. The number of amides is 2. The standard InChI is InChI=1S/C34H56N2O5/c1-22(2)7-6-8-23(3)27-11-12-28-26-10-9-24-21-25(13-17-33(24,4)29(26)14-18-34(27,28)5)41-32(40)36-19-15-30(37)35-20-16-31(38)39/h9,22-23,25-29H,6-8,10-21H2,1-5H3,(H,35,37)(H,36,40)(H,38,39)/t23-,25+,26+,27-,28+,29+,33+,34-/m1/s1. The molecule has 2 amide bonds. The first kappa shape index (κ1) is 31.9. The molecule has 4 rings (SSSR count). The number of hydrogen-bond donors (Lipinski definition) is 3. The van der Waals surface area contributed by atoms with Crippen LogP contribution in [0.25, 0.3) is 0 Å². The van der Waals surface area contributed by atoms with E-state index in [2.05, 4.69) is 51.3 Å². The first-order valence-corrected chi connectivity index (χ1v) is 16.6. The van der Waals surface area contributed by atoms with Crippen LogP contribution < -0.4 is 10.6 Å². The number of hydrogen-bond acceptors (Lipinski definition) is 4. The summed E-state index contributed by atoms with van der Waals surface area (Å²) in [6.07, 6.45) is 15.5. The van der Waals surface area contributed by atoms with Gasteiger partial charge < -0.3 is 20.5 Å². The highest BCUT2D eigenvalue weighted by atomic mass is 16.6. The normalized spacial score (nSPS) is 35.0. The van der Waals surface area contributed by atoms with Gasteiger partial charge in [0.05, 0.1) is 6.42 Å². The zero-order valence-corrected chi connectivity index (χ0v) is 26.3. The molecule has 0 saturated heterocycles. The lowest BCUT2D eigenvalue weighted by Crippen LogP contribution is -2.51. The van der Waals surface area contributed by atoms with Crippen molar-refractivity contribution >= 4 is 18.0 Å². The maximum Gasteiger partial charge on any atom is 0.407 e. The fourth-order valence-electron chi connectivity index (χ4n) is 9.62. The first-order valence-electron chi connectivity index (χ1n) is 16.6. The summed E-state index contributed by atoms with van der Waals surface area (Å²) in [5, 5.41) is 13.9. The first-order chi connectivity index (χ1) is 19.4. The molecule has 7 nitrogen and oxygen atoms in total. The third kappa shape index (κ3) is 7.30. The van der Waals surface area contributed by atoms with E-state index in [1.807, 2.05) is 0 Å². The Morgan fingerprint density at radius 1 is 0.976 bits per heavy atom. The molecule has 3 saturated carbocycles. The van der Waals surface area contributed by atoms with Crippen LogP contribution in [0, 0.1) is 46.3 Å². The number of allylic oxidation sites excluding steroid dienone is 1. The Morgan fingerprint density at radius 3 is 2.46 bits per heavy atom. The number of carboxylic acids is 1. The summed E-state index contributed by atoms with van der Waals surface area (Å²) < 4.78 is 5.79. The van der Waals surface area contributed by atoms with Crippen LogP contribution in [0.5, 0.6) is 0 Å². The molecule has 4 aliphatic carbocycles. The average Bonchev–Trinajstić information content (AvgIpc) is 3.25. The second-order valence-electron chi connectivity index (χ2n) is 14.7. The second kappa shape index (κ2) is 13.5. The molecule has 0 heterocycles. The molecule has 8 atom stereocenters. The Morgan fingerprint density at radius 2 is 1.73 bits per heavy atom. The van der Waals surface area contributed by atoms with Crippen molar-refractivity contribution in [1.82, 2.24) is 10.6 Å². The Balaban J connectivity index is 1.28. The van der Waals surface area contributed by atoms with Gasteiger partial charge in [-0.15, -0.1) is 0 Å². The summed E-state index contributed by atoms with van der Waals surface area (Å²) in [5.41, 5.74) is 2.21. The molecule has 4 aliphatic rings. The van der Waals surface area contributed by atoms with Crippen LogP contribution in [0.4, 0.5) is 4.79 Å². The third-order valence-electron chi connectivity index (χ3n) is 11.8. The molecule has 3 fully saturated rings. The quantitative estimate of drug-likeness (QED) is 0.216. The van der Waals surface area contributed by atoms with Crippen LogP contribution >= 0.6 is 0 Å². The van der Waals surface area contributed by atoms with Crippen molar-refractivity contribution in [3.05, 3.63) is 11.6 Å². The largest absolute Gasteiger partial charge is 0.481 e. The smallest absolute Gasteiger partial charge is 0.407 e. The predicted octanol–water partition coefficient (Wildman–Crippen LogP) is 7.10. The fraction of sp³-hybridized carbons (Fsp3) is 0.853. The number of carbonyl (C=O) groups excluding carboxylic acids is 2. The van der Waals surface area contributed by atoms with Gasteiger partial charge in [0.25, 0.3) is 0 Å². The van der Waals surface area contributed by atoms with Crippen LogP contribution in [-0.4, -0.2) is 42.3 Å². The molecule has 3 N–H and O–H groups in total. The fourth-order valence-corrected chi connectivity index (χ4v) is 9.62. The molecule has 0 bridgehead atoms. The number of nitrogens with one attached hydrogen (secondary N) is 2. The molecule has 232 valence electrons.